The Kier molecular flexibility index (Phi) is 21.0. The Balaban J connectivity index is 0.000000179. The predicted molar refractivity (Wildman–Crippen MR) is 334 cm³/mol. The van der Waals surface area contributed by atoms with Gasteiger partial charge in [-0.05, 0) is 117 Å². The number of ether oxygens (including phenoxy) is 6. The second kappa shape index (κ2) is 28.9. The minimum atomic E-state index is -5.12. The number of sulfonamides is 1. The van der Waals surface area contributed by atoms with E-state index in [0.29, 0.717) is 40.3 Å². The molecule has 0 bridgehead atoms. The van der Waals surface area contributed by atoms with Gasteiger partial charge >= 0.3 is 10.1 Å². The lowest BCUT2D eigenvalue weighted by Crippen LogP contribution is -2.31. The fraction of sp³-hybridized carbons (Fsp3) is 0.129. The smallest absolute Gasteiger partial charge is 0.339 e. The van der Waals surface area contributed by atoms with Gasteiger partial charge in [-0.25, -0.2) is 34.7 Å². The summed E-state index contributed by atoms with van der Waals surface area (Å²) in [5.74, 6) is -12.0. The van der Waals surface area contributed by atoms with E-state index in [-0.39, 0.29) is 60.0 Å². The quantitative estimate of drug-likeness (QED) is 0.0342. The number of pyridine rings is 2. The molecule has 4 aromatic heterocycles. The molecule has 11 rings (SSSR count). The SMILES string of the molecule is COc1cc(Br)c(F)cc1-n1c(=O)ccc2cc(S(=O)(=O)Oc3c(F)c(F)c(F)c(F)c3F)ccc21.COc1ccc(CN(c2ccon2)S(=O)(=O)c2ccc3c(ccc(=O)n3-c3cc(F)c(Br)cc3OC)c2)c(OC)c1.COc1ccc(CNc2ccon2)c(OC)c1. The van der Waals surface area contributed by atoms with Crippen LogP contribution in [0.2, 0.25) is 0 Å². The van der Waals surface area contributed by atoms with E-state index in [9.17, 15) is 57.2 Å². The summed E-state index contributed by atoms with van der Waals surface area (Å²) in [7, 11) is -0.411. The van der Waals surface area contributed by atoms with Crippen molar-refractivity contribution >= 4 is 85.4 Å². The summed E-state index contributed by atoms with van der Waals surface area (Å²) >= 11 is 6.12. The summed E-state index contributed by atoms with van der Waals surface area (Å²) in [5.41, 5.74) is 1.03. The number of benzene rings is 7. The molecule has 0 aliphatic heterocycles. The van der Waals surface area contributed by atoms with Gasteiger partial charge in [0.05, 0.1) is 85.5 Å². The van der Waals surface area contributed by atoms with Gasteiger partial charge in [0.1, 0.15) is 63.6 Å². The van der Waals surface area contributed by atoms with Crippen molar-refractivity contribution in [1.29, 1.82) is 0 Å². The fourth-order valence-corrected chi connectivity index (χ4v) is 12.2. The number of aromatic nitrogens is 4. The number of hydrogen-bond donors (Lipinski definition) is 1. The van der Waals surface area contributed by atoms with Crippen molar-refractivity contribution < 1.29 is 89.2 Å². The van der Waals surface area contributed by atoms with Crippen LogP contribution in [0.25, 0.3) is 33.2 Å². The Morgan fingerprint density at radius 1 is 0.500 bits per heavy atom. The van der Waals surface area contributed by atoms with Gasteiger partial charge in [0.2, 0.25) is 34.8 Å². The number of nitrogens with zero attached hydrogens (tertiary/aromatic N) is 5. The standard InChI is InChI=1S/C28H23BrFN3O7S.C22H10BrF6NO5S.C12H14N2O3/c1-37-19-6-4-18(25(13-19)38-2)16-32(27-10-11-40-31-27)41(35,36)20-7-8-23-17(12-20)5-9-28(34)33(23)24-15-22(30)21(29)14-26(24)39-3;1-34-15-7-11(23)12(24)8-14(15)30-13-4-3-10(6-9(13)2-5-16(30)31)36(32,33)35-22-20(28)18(26)17(25)19(27)21(22)29;1-15-10-4-3-9(11(7-10)16-2)8-13-12-5-6-17-14-12/h4-15H,16H2,1-3H3;2-8H,1H3;3-7H,8H2,1-2H3,(H,13,14). The highest BCUT2D eigenvalue weighted by Crippen LogP contribution is 2.37. The highest BCUT2D eigenvalue weighted by atomic mass is 79.9. The minimum Gasteiger partial charge on any atom is -0.497 e. The molecule has 490 valence electrons. The Hall–Kier alpha value is -10.1. The van der Waals surface area contributed by atoms with Gasteiger partial charge in [-0.1, -0.05) is 10.3 Å². The minimum absolute atomic E-state index is 0.0259. The molecule has 0 atom stereocenters. The van der Waals surface area contributed by atoms with Crippen LogP contribution in [-0.2, 0) is 33.2 Å². The number of methoxy groups -OCH3 is 6. The maximum Gasteiger partial charge on any atom is 0.339 e. The first-order valence-corrected chi connectivity index (χ1v) is 31.1. The third-order valence-electron chi connectivity index (χ3n) is 13.8. The molecular weight excluding hydrogens is 1430 g/mol. The van der Waals surface area contributed by atoms with Crippen molar-refractivity contribution in [2.75, 3.05) is 52.3 Å². The zero-order chi connectivity index (χ0) is 67.9. The van der Waals surface area contributed by atoms with Crippen LogP contribution >= 0.6 is 31.9 Å². The van der Waals surface area contributed by atoms with Gasteiger partial charge in [0.25, 0.3) is 21.1 Å². The largest absolute Gasteiger partial charge is 0.497 e. The van der Waals surface area contributed by atoms with Gasteiger partial charge in [-0.15, -0.1) is 0 Å². The van der Waals surface area contributed by atoms with Crippen molar-refractivity contribution in [2.24, 2.45) is 0 Å². The average Bonchev–Trinajstić information content (AvgIpc) is 0.823. The van der Waals surface area contributed by atoms with Crippen molar-refractivity contribution in [3.05, 3.63) is 227 Å². The number of rotatable bonds is 19. The molecule has 0 spiro atoms. The van der Waals surface area contributed by atoms with Gasteiger partial charge in [-0.2, -0.15) is 17.2 Å². The van der Waals surface area contributed by atoms with Gasteiger partial charge in [-0.3, -0.25) is 18.7 Å². The maximum absolute atomic E-state index is 14.5. The monoisotopic (exact) mass is 1470 g/mol. The van der Waals surface area contributed by atoms with E-state index in [1.165, 1.54) is 106 Å². The maximum atomic E-state index is 14.5. The first kappa shape index (κ1) is 68.3. The molecule has 0 saturated heterocycles. The van der Waals surface area contributed by atoms with Crippen LogP contribution in [0.5, 0.6) is 40.2 Å². The highest BCUT2D eigenvalue weighted by molar-refractivity contribution is 9.10. The van der Waals surface area contributed by atoms with E-state index in [4.69, 9.17) is 37.5 Å². The second-order valence-electron chi connectivity index (χ2n) is 19.2. The van der Waals surface area contributed by atoms with Gasteiger partial charge in [0, 0.05) is 77.0 Å². The first-order chi connectivity index (χ1) is 44.9. The van der Waals surface area contributed by atoms with E-state index in [2.05, 4.69) is 51.7 Å². The Morgan fingerprint density at radius 2 is 0.968 bits per heavy atom. The van der Waals surface area contributed by atoms with Crippen LogP contribution in [0.4, 0.5) is 42.4 Å². The van der Waals surface area contributed by atoms with Crippen LogP contribution in [0.1, 0.15) is 11.1 Å². The van der Waals surface area contributed by atoms with Gasteiger partial charge < -0.3 is 47.0 Å². The molecule has 1 N–H and O–H groups in total. The summed E-state index contributed by atoms with van der Waals surface area (Å²) < 4.78 is 199. The fourth-order valence-electron chi connectivity index (χ4n) is 9.17. The van der Waals surface area contributed by atoms with E-state index in [1.807, 2.05) is 18.2 Å². The molecule has 11 aromatic rings. The highest BCUT2D eigenvalue weighted by Gasteiger charge is 2.33. The molecule has 0 fully saturated rings. The van der Waals surface area contributed by atoms with Crippen molar-refractivity contribution in [1.82, 2.24) is 19.4 Å². The van der Waals surface area contributed by atoms with E-state index in [0.717, 1.165) is 56.3 Å². The lowest BCUT2D eigenvalue weighted by molar-refractivity contribution is 0.346. The van der Waals surface area contributed by atoms with Crippen LogP contribution < -0.4 is 53.3 Å². The molecule has 4 heterocycles. The van der Waals surface area contributed by atoms with Crippen molar-refractivity contribution in [2.45, 2.75) is 22.9 Å². The summed E-state index contributed by atoms with van der Waals surface area (Å²) in [6, 6.07) is 31.0. The molecule has 0 saturated carbocycles. The molecule has 21 nitrogen and oxygen atoms in total. The van der Waals surface area contributed by atoms with E-state index >= 15 is 0 Å². The second-order valence-corrected chi connectivity index (χ2v) is 24.3. The summed E-state index contributed by atoms with van der Waals surface area (Å²) in [6.07, 6.45) is 2.79. The number of halogens is 9. The Labute approximate surface area is 545 Å². The number of anilines is 2. The van der Waals surface area contributed by atoms with Crippen LogP contribution in [0.15, 0.2) is 183 Å². The predicted octanol–water partition coefficient (Wildman–Crippen LogP) is 13.0. The van der Waals surface area contributed by atoms with Gasteiger partial charge in [0.15, 0.2) is 11.6 Å². The summed E-state index contributed by atoms with van der Waals surface area (Å²) in [4.78, 5) is 24.8. The molecule has 7 aromatic carbocycles. The Bertz CT molecular complexity index is 4990. The molecule has 94 heavy (non-hydrogen) atoms. The molecule has 32 heteroatoms. The third-order valence-corrected chi connectivity index (χ3v) is 18.0. The summed E-state index contributed by atoms with van der Waals surface area (Å²) in [6.45, 7) is 0.481. The van der Waals surface area contributed by atoms with Crippen LogP contribution in [0, 0.1) is 40.7 Å². The van der Waals surface area contributed by atoms with Crippen molar-refractivity contribution in [3.63, 3.8) is 0 Å². The topological polar surface area (TPSA) is 244 Å². The van der Waals surface area contributed by atoms with Crippen molar-refractivity contribution in [3.8, 4) is 51.6 Å². The van der Waals surface area contributed by atoms with Crippen LogP contribution in [0.3, 0.4) is 0 Å². The normalized spacial score (nSPS) is 11.3. The molecule has 0 aliphatic carbocycles. The third kappa shape index (κ3) is 14.3. The molecule has 0 amide bonds. The molecular formula is C62H47Br2F7N6O15S2. The number of hydrogen-bond acceptors (Lipinski definition) is 18. The number of fused-ring (bicyclic) bond motifs is 2. The molecule has 0 unspecified atom stereocenters. The molecule has 0 radical (unpaired) electrons. The average molecular weight is 1470 g/mol. The zero-order valence-electron chi connectivity index (χ0n) is 49.3. The zero-order valence-corrected chi connectivity index (χ0v) is 54.2. The summed E-state index contributed by atoms with van der Waals surface area (Å²) in [5, 5.41) is 11.2. The first-order valence-electron chi connectivity index (χ1n) is 26.7. The number of nitrogens with one attached hydrogen (secondary N) is 1. The van der Waals surface area contributed by atoms with E-state index in [1.54, 1.807) is 38.5 Å². The lowest BCUT2D eigenvalue weighted by atomic mass is 10.2. The molecule has 0 aliphatic rings. The van der Waals surface area contributed by atoms with Crippen LogP contribution in [-0.4, -0.2) is 78.9 Å². The van der Waals surface area contributed by atoms with E-state index < -0.39 is 82.6 Å². The lowest BCUT2D eigenvalue weighted by Gasteiger charge is -2.23. The Morgan fingerprint density at radius 3 is 1.45 bits per heavy atom.